The largest absolute Gasteiger partial charge is 0.329 e. The predicted octanol–water partition coefficient (Wildman–Crippen LogP) is -0.0931. The third-order valence-corrected chi connectivity index (χ3v) is 4.22. The van der Waals surface area contributed by atoms with Crippen LogP contribution in [0.25, 0.3) is 0 Å². The fraction of sp³-hybridized carbons (Fsp3) is 0.846. The minimum atomic E-state index is 0.615. The van der Waals surface area contributed by atoms with Crippen LogP contribution in [0.4, 0.5) is 0 Å². The lowest BCUT2D eigenvalue weighted by Crippen LogP contribution is -2.36. The minimum absolute atomic E-state index is 0.615. The summed E-state index contributed by atoms with van der Waals surface area (Å²) in [6, 6.07) is 0.765. The second-order valence-electron chi connectivity index (χ2n) is 5.68. The van der Waals surface area contributed by atoms with Crippen LogP contribution in [0.3, 0.4) is 0 Å². The van der Waals surface area contributed by atoms with Crippen LogP contribution in [0, 0.1) is 0 Å². The summed E-state index contributed by atoms with van der Waals surface area (Å²) in [4.78, 5) is 5.19. The van der Waals surface area contributed by atoms with Gasteiger partial charge in [-0.25, -0.2) is 0 Å². The molecule has 0 aromatic carbocycles. The highest BCUT2D eigenvalue weighted by molar-refractivity contribution is 4.94. The smallest absolute Gasteiger partial charge is 0.0967 e. The zero-order chi connectivity index (χ0) is 13.1. The number of nitrogens with two attached hydrogens (primary N) is 1. The Kier molecular flexibility index (Phi) is 4.10. The highest BCUT2D eigenvalue weighted by Gasteiger charge is 2.28. The first-order chi connectivity index (χ1) is 9.35. The van der Waals surface area contributed by atoms with Gasteiger partial charge in [-0.1, -0.05) is 5.21 Å². The Bertz CT molecular complexity index is 404. The Morgan fingerprint density at radius 1 is 1.26 bits per heavy atom. The van der Waals surface area contributed by atoms with E-state index in [4.69, 9.17) is 5.73 Å². The fourth-order valence-corrected chi connectivity index (χ4v) is 3.31. The Hall–Kier alpha value is -0.980. The molecule has 0 saturated carbocycles. The SMILES string of the molecule is NCCn1cc(CN2CCCN3CCCC3C2)nn1. The Balaban J connectivity index is 1.58. The van der Waals surface area contributed by atoms with Gasteiger partial charge in [-0.05, 0) is 38.9 Å². The molecule has 2 aliphatic rings. The van der Waals surface area contributed by atoms with E-state index in [1.807, 2.05) is 10.9 Å². The first-order valence-electron chi connectivity index (χ1n) is 7.40. The number of hydrogen-bond acceptors (Lipinski definition) is 5. The summed E-state index contributed by atoms with van der Waals surface area (Å²) in [5, 5.41) is 8.36. The quantitative estimate of drug-likeness (QED) is 0.823. The molecular weight excluding hydrogens is 240 g/mol. The van der Waals surface area contributed by atoms with E-state index < -0.39 is 0 Å². The van der Waals surface area contributed by atoms with Gasteiger partial charge >= 0.3 is 0 Å². The van der Waals surface area contributed by atoms with Gasteiger partial charge in [0, 0.05) is 31.9 Å². The Morgan fingerprint density at radius 2 is 2.16 bits per heavy atom. The molecule has 0 bridgehead atoms. The van der Waals surface area contributed by atoms with Crippen molar-refractivity contribution < 1.29 is 0 Å². The van der Waals surface area contributed by atoms with Crippen LogP contribution in [-0.2, 0) is 13.1 Å². The topological polar surface area (TPSA) is 63.2 Å². The van der Waals surface area contributed by atoms with Crippen LogP contribution in [0.15, 0.2) is 6.20 Å². The van der Waals surface area contributed by atoms with E-state index in [0.29, 0.717) is 6.54 Å². The zero-order valence-electron chi connectivity index (χ0n) is 11.5. The van der Waals surface area contributed by atoms with Crippen LogP contribution < -0.4 is 5.73 Å². The molecule has 3 rings (SSSR count). The van der Waals surface area contributed by atoms with Crippen LogP contribution >= 0.6 is 0 Å². The number of rotatable bonds is 4. The van der Waals surface area contributed by atoms with Crippen molar-refractivity contribution in [3.05, 3.63) is 11.9 Å². The number of fused-ring (bicyclic) bond motifs is 1. The lowest BCUT2D eigenvalue weighted by molar-refractivity contribution is 0.214. The van der Waals surface area contributed by atoms with E-state index in [0.717, 1.165) is 24.8 Å². The molecule has 1 atom stereocenters. The van der Waals surface area contributed by atoms with Gasteiger partial charge in [0.1, 0.15) is 0 Å². The fourth-order valence-electron chi connectivity index (χ4n) is 3.31. The maximum Gasteiger partial charge on any atom is 0.0967 e. The Morgan fingerprint density at radius 3 is 3.05 bits per heavy atom. The number of nitrogens with zero attached hydrogens (tertiary/aromatic N) is 5. The van der Waals surface area contributed by atoms with Gasteiger partial charge in [0.2, 0.25) is 0 Å². The molecule has 1 aromatic rings. The first kappa shape index (κ1) is 13.0. The zero-order valence-corrected chi connectivity index (χ0v) is 11.5. The van der Waals surface area contributed by atoms with Gasteiger partial charge in [0.05, 0.1) is 12.2 Å². The lowest BCUT2D eigenvalue weighted by atomic mass is 10.2. The molecule has 1 unspecified atom stereocenters. The summed E-state index contributed by atoms with van der Waals surface area (Å²) in [5.41, 5.74) is 6.60. The second kappa shape index (κ2) is 5.98. The van der Waals surface area contributed by atoms with Crippen molar-refractivity contribution in [1.82, 2.24) is 24.8 Å². The summed E-state index contributed by atoms with van der Waals surface area (Å²) in [7, 11) is 0. The Labute approximate surface area is 114 Å². The molecule has 0 radical (unpaired) electrons. The van der Waals surface area contributed by atoms with E-state index in [9.17, 15) is 0 Å². The third kappa shape index (κ3) is 3.13. The highest BCUT2D eigenvalue weighted by Crippen LogP contribution is 2.21. The van der Waals surface area contributed by atoms with Gasteiger partial charge in [-0.2, -0.15) is 0 Å². The van der Waals surface area contributed by atoms with Crippen molar-refractivity contribution in [3.63, 3.8) is 0 Å². The highest BCUT2D eigenvalue weighted by atomic mass is 15.4. The van der Waals surface area contributed by atoms with E-state index in [2.05, 4.69) is 20.1 Å². The number of aromatic nitrogens is 3. The van der Waals surface area contributed by atoms with E-state index in [-0.39, 0.29) is 0 Å². The van der Waals surface area contributed by atoms with E-state index in [1.165, 1.54) is 45.4 Å². The van der Waals surface area contributed by atoms with Crippen LogP contribution in [0.2, 0.25) is 0 Å². The molecule has 3 heterocycles. The summed E-state index contributed by atoms with van der Waals surface area (Å²) < 4.78 is 1.84. The summed E-state index contributed by atoms with van der Waals surface area (Å²) in [5.74, 6) is 0. The molecule has 0 spiro atoms. The molecule has 2 N–H and O–H groups in total. The van der Waals surface area contributed by atoms with Gasteiger partial charge < -0.3 is 5.73 Å². The van der Waals surface area contributed by atoms with Crippen molar-refractivity contribution in [2.24, 2.45) is 5.73 Å². The molecule has 106 valence electrons. The van der Waals surface area contributed by atoms with Crippen LogP contribution in [0.5, 0.6) is 0 Å². The summed E-state index contributed by atoms with van der Waals surface area (Å²) in [6.45, 7) is 7.22. The molecule has 6 nitrogen and oxygen atoms in total. The molecule has 2 fully saturated rings. The predicted molar refractivity (Wildman–Crippen MR) is 73.6 cm³/mol. The summed E-state index contributed by atoms with van der Waals surface area (Å²) in [6.07, 6.45) is 6.03. The maximum atomic E-state index is 5.53. The maximum absolute atomic E-state index is 5.53. The van der Waals surface area contributed by atoms with Gasteiger partial charge in [0.15, 0.2) is 0 Å². The van der Waals surface area contributed by atoms with Crippen molar-refractivity contribution in [1.29, 1.82) is 0 Å². The molecule has 2 aliphatic heterocycles. The normalized spacial score (nSPS) is 25.4. The molecule has 1 aromatic heterocycles. The van der Waals surface area contributed by atoms with Crippen LogP contribution in [-0.4, -0.2) is 63.6 Å². The van der Waals surface area contributed by atoms with Crippen molar-refractivity contribution in [2.75, 3.05) is 32.7 Å². The van der Waals surface area contributed by atoms with Crippen molar-refractivity contribution in [2.45, 2.75) is 38.4 Å². The average Bonchev–Trinajstić information content (AvgIpc) is 2.97. The van der Waals surface area contributed by atoms with Crippen LogP contribution in [0.1, 0.15) is 25.0 Å². The number of hydrogen-bond donors (Lipinski definition) is 1. The monoisotopic (exact) mass is 264 g/mol. The first-order valence-corrected chi connectivity index (χ1v) is 7.40. The van der Waals surface area contributed by atoms with Gasteiger partial charge in [0.25, 0.3) is 0 Å². The van der Waals surface area contributed by atoms with Gasteiger partial charge in [-0.3, -0.25) is 14.5 Å². The lowest BCUT2D eigenvalue weighted by Gasteiger charge is -2.24. The van der Waals surface area contributed by atoms with Crippen molar-refractivity contribution in [3.8, 4) is 0 Å². The van der Waals surface area contributed by atoms with Gasteiger partial charge in [-0.15, -0.1) is 5.10 Å². The molecule has 6 heteroatoms. The third-order valence-electron chi connectivity index (χ3n) is 4.22. The molecule has 19 heavy (non-hydrogen) atoms. The van der Waals surface area contributed by atoms with E-state index in [1.54, 1.807) is 0 Å². The molecule has 0 amide bonds. The van der Waals surface area contributed by atoms with E-state index >= 15 is 0 Å². The summed E-state index contributed by atoms with van der Waals surface area (Å²) >= 11 is 0. The standard InChI is InChI=1S/C13H24N6/c14-4-8-19-10-12(15-16-19)9-17-5-2-7-18-6-1-3-13(18)11-17/h10,13H,1-9,11,14H2. The molecular formula is C13H24N6. The average molecular weight is 264 g/mol. The molecule has 0 aliphatic carbocycles. The second-order valence-corrected chi connectivity index (χ2v) is 5.68. The minimum Gasteiger partial charge on any atom is -0.329 e. The van der Waals surface area contributed by atoms with Crippen molar-refractivity contribution >= 4 is 0 Å². The molecule has 2 saturated heterocycles.